The molecule has 92 valence electrons. The van der Waals surface area contributed by atoms with Crippen LogP contribution in [-0.4, -0.2) is 36.6 Å². The summed E-state index contributed by atoms with van der Waals surface area (Å²) in [4.78, 5) is 2.90. The number of nitrogens with one attached hydrogen (secondary N) is 1. The van der Waals surface area contributed by atoms with Crippen LogP contribution in [-0.2, 0) is 0 Å². The van der Waals surface area contributed by atoms with Gasteiger partial charge in [0, 0.05) is 18.6 Å². The van der Waals surface area contributed by atoms with Gasteiger partial charge in [-0.3, -0.25) is 4.90 Å². The van der Waals surface area contributed by atoms with Crippen LogP contribution >= 0.6 is 0 Å². The van der Waals surface area contributed by atoms with Crippen LogP contribution in [0.3, 0.4) is 0 Å². The van der Waals surface area contributed by atoms with Gasteiger partial charge in [-0.15, -0.1) is 0 Å². The predicted molar refractivity (Wildman–Crippen MR) is 67.5 cm³/mol. The van der Waals surface area contributed by atoms with E-state index in [0.29, 0.717) is 0 Å². The maximum atomic E-state index is 3.59. The van der Waals surface area contributed by atoms with Crippen LogP contribution in [0, 0.1) is 11.8 Å². The Morgan fingerprint density at radius 1 is 1.12 bits per heavy atom. The summed E-state index contributed by atoms with van der Waals surface area (Å²) in [6, 6.07) is 1.83. The number of likely N-dealkylation sites (tertiary alicyclic amines) is 1. The molecular weight excluding hydrogens is 196 g/mol. The first-order valence-electron chi connectivity index (χ1n) is 7.36. The normalized spacial score (nSPS) is 41.4. The summed E-state index contributed by atoms with van der Waals surface area (Å²) in [6.07, 6.45) is 8.75. The predicted octanol–water partition coefficient (Wildman–Crippen LogP) is 2.25. The lowest BCUT2D eigenvalue weighted by Gasteiger charge is -2.36. The van der Waals surface area contributed by atoms with E-state index in [1.807, 2.05) is 0 Å². The lowest BCUT2D eigenvalue weighted by molar-refractivity contribution is 0.123. The van der Waals surface area contributed by atoms with E-state index >= 15 is 0 Å². The van der Waals surface area contributed by atoms with Crippen molar-refractivity contribution in [1.82, 2.24) is 10.2 Å². The summed E-state index contributed by atoms with van der Waals surface area (Å²) in [5, 5.41) is 3.59. The largest absolute Gasteiger partial charge is 0.316 e. The maximum Gasteiger partial charge on any atom is 0.0140 e. The third-order valence-corrected chi connectivity index (χ3v) is 5.22. The highest BCUT2D eigenvalue weighted by molar-refractivity contribution is 5.00. The highest BCUT2D eigenvalue weighted by atomic mass is 15.2. The van der Waals surface area contributed by atoms with Gasteiger partial charge in [-0.25, -0.2) is 0 Å². The number of fused-ring (bicyclic) bond motifs is 1. The van der Waals surface area contributed by atoms with E-state index in [-0.39, 0.29) is 0 Å². The molecule has 2 heterocycles. The Kier molecular flexibility index (Phi) is 3.21. The van der Waals surface area contributed by atoms with E-state index in [0.717, 1.165) is 23.9 Å². The number of hydrogen-bond donors (Lipinski definition) is 1. The summed E-state index contributed by atoms with van der Waals surface area (Å²) in [6.45, 7) is 6.35. The summed E-state index contributed by atoms with van der Waals surface area (Å²) in [5.74, 6) is 1.93. The van der Waals surface area contributed by atoms with Gasteiger partial charge in [0.25, 0.3) is 0 Å². The van der Waals surface area contributed by atoms with Gasteiger partial charge < -0.3 is 5.32 Å². The fraction of sp³-hybridized carbons (Fsp3) is 1.00. The molecule has 0 aromatic heterocycles. The van der Waals surface area contributed by atoms with Crippen molar-refractivity contribution < 1.29 is 0 Å². The number of nitrogens with zero attached hydrogens (tertiary/aromatic N) is 1. The molecule has 16 heavy (non-hydrogen) atoms. The molecule has 0 aromatic rings. The molecule has 3 fully saturated rings. The summed E-state index contributed by atoms with van der Waals surface area (Å²) < 4.78 is 0. The fourth-order valence-corrected chi connectivity index (χ4v) is 4.43. The molecule has 2 nitrogen and oxygen atoms in total. The minimum absolute atomic E-state index is 0.892. The first-order valence-corrected chi connectivity index (χ1v) is 7.36. The molecule has 2 saturated heterocycles. The SMILES string of the molecule is CCC1C2CNCC2CN1C1CCCCC1. The lowest BCUT2D eigenvalue weighted by Crippen LogP contribution is -2.43. The molecule has 1 saturated carbocycles. The second-order valence-corrected chi connectivity index (χ2v) is 6.05. The molecule has 3 atom stereocenters. The van der Waals surface area contributed by atoms with Crippen molar-refractivity contribution in [2.75, 3.05) is 19.6 Å². The van der Waals surface area contributed by atoms with Crippen LogP contribution in [0.25, 0.3) is 0 Å². The van der Waals surface area contributed by atoms with Gasteiger partial charge in [-0.2, -0.15) is 0 Å². The Morgan fingerprint density at radius 3 is 2.69 bits per heavy atom. The van der Waals surface area contributed by atoms with Gasteiger partial charge in [-0.1, -0.05) is 26.2 Å². The smallest absolute Gasteiger partial charge is 0.0140 e. The van der Waals surface area contributed by atoms with Crippen LogP contribution in [0.5, 0.6) is 0 Å². The van der Waals surface area contributed by atoms with Gasteiger partial charge in [0.2, 0.25) is 0 Å². The summed E-state index contributed by atoms with van der Waals surface area (Å²) >= 11 is 0. The third-order valence-electron chi connectivity index (χ3n) is 5.22. The molecule has 3 unspecified atom stereocenters. The van der Waals surface area contributed by atoms with Crippen LogP contribution in [0.15, 0.2) is 0 Å². The summed E-state index contributed by atoms with van der Waals surface area (Å²) in [7, 11) is 0. The molecule has 0 bridgehead atoms. The first kappa shape index (κ1) is 11.0. The maximum absolute atomic E-state index is 3.59. The minimum Gasteiger partial charge on any atom is -0.316 e. The zero-order valence-electron chi connectivity index (χ0n) is 10.6. The number of hydrogen-bond acceptors (Lipinski definition) is 2. The zero-order chi connectivity index (χ0) is 11.0. The van der Waals surface area contributed by atoms with Gasteiger partial charge in [0.05, 0.1) is 0 Å². The Morgan fingerprint density at radius 2 is 1.94 bits per heavy atom. The van der Waals surface area contributed by atoms with E-state index < -0.39 is 0 Å². The lowest BCUT2D eigenvalue weighted by atomic mass is 9.91. The zero-order valence-corrected chi connectivity index (χ0v) is 10.6. The van der Waals surface area contributed by atoms with Crippen molar-refractivity contribution in [2.24, 2.45) is 11.8 Å². The quantitative estimate of drug-likeness (QED) is 0.771. The number of rotatable bonds is 2. The van der Waals surface area contributed by atoms with Crippen molar-refractivity contribution in [3.05, 3.63) is 0 Å². The van der Waals surface area contributed by atoms with Crippen LogP contribution < -0.4 is 5.32 Å². The van der Waals surface area contributed by atoms with Gasteiger partial charge in [0.15, 0.2) is 0 Å². The van der Waals surface area contributed by atoms with Gasteiger partial charge in [-0.05, 0) is 44.2 Å². The van der Waals surface area contributed by atoms with E-state index in [1.165, 1.54) is 58.2 Å². The Labute approximate surface area is 99.8 Å². The molecule has 0 spiro atoms. The van der Waals surface area contributed by atoms with Crippen LogP contribution in [0.1, 0.15) is 45.4 Å². The molecule has 1 N–H and O–H groups in total. The highest BCUT2D eigenvalue weighted by Crippen LogP contribution is 2.38. The molecule has 2 heteroatoms. The summed E-state index contributed by atoms with van der Waals surface area (Å²) in [5.41, 5.74) is 0. The van der Waals surface area contributed by atoms with E-state index in [4.69, 9.17) is 0 Å². The minimum atomic E-state index is 0.892. The third kappa shape index (κ3) is 1.80. The van der Waals surface area contributed by atoms with E-state index in [2.05, 4.69) is 17.1 Å². The molecule has 3 rings (SSSR count). The first-order chi connectivity index (χ1) is 7.90. The van der Waals surface area contributed by atoms with Gasteiger partial charge in [0.1, 0.15) is 0 Å². The van der Waals surface area contributed by atoms with Crippen molar-refractivity contribution in [2.45, 2.75) is 57.5 Å². The molecule has 3 aliphatic rings. The van der Waals surface area contributed by atoms with Crippen molar-refractivity contribution in [1.29, 1.82) is 0 Å². The van der Waals surface area contributed by atoms with Crippen LogP contribution in [0.4, 0.5) is 0 Å². The Balaban J connectivity index is 1.70. The fourth-order valence-electron chi connectivity index (χ4n) is 4.43. The van der Waals surface area contributed by atoms with Crippen LogP contribution in [0.2, 0.25) is 0 Å². The molecular formula is C14H26N2. The average Bonchev–Trinajstić information content (AvgIpc) is 2.89. The highest BCUT2D eigenvalue weighted by Gasteiger charge is 2.45. The van der Waals surface area contributed by atoms with Crippen molar-refractivity contribution in [3.63, 3.8) is 0 Å². The molecule has 0 amide bonds. The monoisotopic (exact) mass is 222 g/mol. The second-order valence-electron chi connectivity index (χ2n) is 6.05. The topological polar surface area (TPSA) is 15.3 Å². The van der Waals surface area contributed by atoms with Gasteiger partial charge >= 0.3 is 0 Å². The molecule has 2 aliphatic heterocycles. The molecule has 1 aliphatic carbocycles. The van der Waals surface area contributed by atoms with E-state index in [1.54, 1.807) is 0 Å². The standard InChI is InChI=1S/C14H26N2/c1-2-14-13-9-15-8-11(13)10-16(14)12-6-4-3-5-7-12/h11-15H,2-10H2,1H3. The average molecular weight is 222 g/mol. The Hall–Kier alpha value is -0.0800. The van der Waals surface area contributed by atoms with E-state index in [9.17, 15) is 0 Å². The molecule has 0 radical (unpaired) electrons. The van der Waals surface area contributed by atoms with Crippen molar-refractivity contribution >= 4 is 0 Å². The Bertz CT molecular complexity index is 235. The molecule has 0 aromatic carbocycles. The van der Waals surface area contributed by atoms with Crippen molar-refractivity contribution in [3.8, 4) is 0 Å². The second kappa shape index (κ2) is 4.66.